The maximum atomic E-state index is 13.9. The maximum Gasteiger partial charge on any atom is 0.328 e. The van der Waals surface area contributed by atoms with Crippen LogP contribution in [-0.4, -0.2) is 96.5 Å². The second kappa shape index (κ2) is 31.0. The minimum atomic E-state index is -1.13. The number of rotatable bonds is 26. The van der Waals surface area contributed by atoms with Gasteiger partial charge in [0.15, 0.2) is 11.5 Å². The summed E-state index contributed by atoms with van der Waals surface area (Å²) in [6.07, 6.45) is 9.68. The number of thioether (sulfide) groups is 1. The van der Waals surface area contributed by atoms with E-state index in [0.29, 0.717) is 71.4 Å². The van der Waals surface area contributed by atoms with Gasteiger partial charge in [-0.25, -0.2) is 19.6 Å². The van der Waals surface area contributed by atoms with Gasteiger partial charge in [0.25, 0.3) is 23.4 Å². The number of nitro groups is 1. The molecule has 4 heterocycles. The van der Waals surface area contributed by atoms with E-state index in [2.05, 4.69) is 49.1 Å². The highest BCUT2D eigenvalue weighted by Crippen LogP contribution is 2.30. The molecule has 2 atom stereocenters. The molecule has 0 radical (unpaired) electrons. The van der Waals surface area contributed by atoms with Gasteiger partial charge in [0, 0.05) is 72.2 Å². The second-order valence-corrected chi connectivity index (χ2v) is 22.1. The summed E-state index contributed by atoms with van der Waals surface area (Å²) >= 11 is 1.59. The van der Waals surface area contributed by atoms with Crippen LogP contribution in [0.3, 0.4) is 0 Å². The number of ether oxygens (including phenoxy) is 1. The van der Waals surface area contributed by atoms with Crippen molar-refractivity contribution in [2.75, 3.05) is 35.5 Å². The van der Waals surface area contributed by atoms with Crippen LogP contribution >= 0.6 is 11.8 Å². The number of nitrogens with one attached hydrogen (secondary N) is 2. The molecule has 0 spiro atoms. The number of nitriles is 2. The quantitative estimate of drug-likeness (QED) is 0.0258. The first-order chi connectivity index (χ1) is 43.5. The molecule has 9 aromatic rings. The van der Waals surface area contributed by atoms with Crippen LogP contribution in [0.5, 0.6) is 0 Å². The number of amides is 3. The van der Waals surface area contributed by atoms with Crippen molar-refractivity contribution in [3.63, 3.8) is 0 Å². The first kappa shape index (κ1) is 64.9. The number of benzene rings is 5. The van der Waals surface area contributed by atoms with Crippen LogP contribution < -0.4 is 20.4 Å². The lowest BCUT2D eigenvalue weighted by Gasteiger charge is -2.24. The third-order valence-electron chi connectivity index (χ3n) is 14.4. The first-order valence-corrected chi connectivity index (χ1v) is 30.0. The monoisotopic (exact) mass is 1230 g/mol. The number of nitrogens with zero attached hydrogens (tertiary/aromatic N) is 9. The van der Waals surface area contributed by atoms with E-state index in [1.807, 2.05) is 97.9 Å². The number of aromatic nitrogens is 4. The van der Waals surface area contributed by atoms with Crippen molar-refractivity contribution in [3.05, 3.63) is 231 Å². The largest absolute Gasteiger partial charge is 0.480 e. The lowest BCUT2D eigenvalue weighted by Crippen LogP contribution is -2.41. The number of methoxy groups -OCH3 is 1. The van der Waals surface area contributed by atoms with E-state index in [9.17, 15) is 39.2 Å². The maximum absolute atomic E-state index is 13.9. The molecule has 2 unspecified atom stereocenters. The van der Waals surface area contributed by atoms with Crippen molar-refractivity contribution in [1.82, 2.24) is 29.7 Å². The number of esters is 1. The molecular weight excluding hydrogens is 1170 g/mol. The molecule has 0 saturated heterocycles. The van der Waals surface area contributed by atoms with Gasteiger partial charge in [-0.05, 0) is 158 Å². The van der Waals surface area contributed by atoms with E-state index in [-0.39, 0.29) is 41.7 Å². The van der Waals surface area contributed by atoms with Gasteiger partial charge in [-0.2, -0.15) is 22.3 Å². The molecule has 0 fully saturated rings. The fraction of sp³-hybridized carbons (Fsp3) is 0.239. The van der Waals surface area contributed by atoms with Gasteiger partial charge >= 0.3 is 11.9 Å². The van der Waals surface area contributed by atoms with Gasteiger partial charge in [0.2, 0.25) is 0 Å². The molecule has 0 saturated carbocycles. The smallest absolute Gasteiger partial charge is 0.328 e. The van der Waals surface area contributed by atoms with Crippen molar-refractivity contribution in [2.45, 2.75) is 71.9 Å². The minimum absolute atomic E-state index is 0.0421. The number of carboxylic acids is 1. The van der Waals surface area contributed by atoms with E-state index >= 15 is 0 Å². The molecule has 5 aromatic carbocycles. The SMILES string of the molecule is CC(C)CC(NC(=O)c1ccc(-c2ccc(N(Cc3cncn3Cc3ccc(C#N)cc3)C(=O)c3ccc([N+](=O)[O-])cc3)cc2)o1)C(=O)O.CCN(Cc1cncn1Cc1ccc(C#N)cc1)c1ccc(-c2ccc(C(=O)NC(CCSC)C(=O)OC)o2)cc1. The van der Waals surface area contributed by atoms with Gasteiger partial charge < -0.3 is 48.2 Å². The summed E-state index contributed by atoms with van der Waals surface area (Å²) in [7, 11) is 1.31. The zero-order valence-corrected chi connectivity index (χ0v) is 50.8. The molecule has 90 heavy (non-hydrogen) atoms. The van der Waals surface area contributed by atoms with E-state index in [4.69, 9.17) is 24.1 Å². The van der Waals surface area contributed by atoms with E-state index in [1.165, 1.54) is 42.3 Å². The number of hydrogen-bond acceptors (Lipinski definition) is 16. The van der Waals surface area contributed by atoms with Gasteiger partial charge in [-0.1, -0.05) is 38.1 Å². The van der Waals surface area contributed by atoms with E-state index in [0.717, 1.165) is 34.6 Å². The number of furan rings is 2. The zero-order chi connectivity index (χ0) is 64.3. The summed E-state index contributed by atoms with van der Waals surface area (Å²) in [5, 5.41) is 44.1. The number of carbonyl (C=O) groups is 5. The van der Waals surface area contributed by atoms with Crippen LogP contribution in [0.15, 0.2) is 179 Å². The highest BCUT2D eigenvalue weighted by atomic mass is 32.2. The molecule has 0 aliphatic rings. The van der Waals surface area contributed by atoms with Crippen LogP contribution in [0, 0.1) is 38.7 Å². The molecular formula is C67H65N11O11S. The number of imidazole rings is 2. The van der Waals surface area contributed by atoms with Crippen LogP contribution in [0.2, 0.25) is 0 Å². The Hall–Kier alpha value is -11.0. The van der Waals surface area contributed by atoms with Gasteiger partial charge in [-0.15, -0.1) is 0 Å². The lowest BCUT2D eigenvalue weighted by molar-refractivity contribution is -0.384. The fourth-order valence-corrected chi connectivity index (χ4v) is 10.0. The Morgan fingerprint density at radius 3 is 1.62 bits per heavy atom. The molecule has 0 bridgehead atoms. The number of nitro benzene ring substituents is 1. The van der Waals surface area contributed by atoms with Crippen LogP contribution in [0.25, 0.3) is 22.6 Å². The van der Waals surface area contributed by atoms with E-state index < -0.39 is 46.7 Å². The number of carbonyl (C=O) groups excluding carboxylic acids is 4. The van der Waals surface area contributed by atoms with Gasteiger partial charge in [-0.3, -0.25) is 24.5 Å². The predicted octanol–water partition coefficient (Wildman–Crippen LogP) is 11.2. The third kappa shape index (κ3) is 17.1. The Morgan fingerprint density at radius 2 is 1.18 bits per heavy atom. The van der Waals surface area contributed by atoms with Crippen LogP contribution in [-0.2, 0) is 40.5 Å². The highest BCUT2D eigenvalue weighted by molar-refractivity contribution is 7.98. The summed E-state index contributed by atoms with van der Waals surface area (Å²) in [5.74, 6) is -1.33. The normalized spacial score (nSPS) is 11.5. The van der Waals surface area contributed by atoms with Crippen LogP contribution in [0.1, 0.15) is 98.7 Å². The molecule has 3 N–H and O–H groups in total. The highest BCUT2D eigenvalue weighted by Gasteiger charge is 2.27. The number of hydrogen-bond donors (Lipinski definition) is 3. The number of carboxylic acid groups (broad SMARTS) is 1. The Labute approximate surface area is 523 Å². The fourth-order valence-electron chi connectivity index (χ4n) is 9.56. The molecule has 0 aliphatic heterocycles. The molecule has 460 valence electrons. The summed E-state index contributed by atoms with van der Waals surface area (Å²) in [5.41, 5.74) is 8.10. The molecule has 23 heteroatoms. The van der Waals surface area contributed by atoms with Crippen molar-refractivity contribution < 1.29 is 47.6 Å². The molecule has 9 rings (SSSR count). The lowest BCUT2D eigenvalue weighted by atomic mass is 10.0. The summed E-state index contributed by atoms with van der Waals surface area (Å²) < 4.78 is 20.4. The van der Waals surface area contributed by atoms with Gasteiger partial charge in [0.05, 0.1) is 72.4 Å². The number of anilines is 2. The van der Waals surface area contributed by atoms with Crippen molar-refractivity contribution in [2.24, 2.45) is 5.92 Å². The minimum Gasteiger partial charge on any atom is -0.480 e. The Balaban J connectivity index is 0.000000236. The van der Waals surface area contributed by atoms with Gasteiger partial charge in [0.1, 0.15) is 23.6 Å². The Kier molecular flexibility index (Phi) is 22.4. The number of aliphatic carboxylic acids is 1. The predicted molar refractivity (Wildman–Crippen MR) is 338 cm³/mol. The van der Waals surface area contributed by atoms with Crippen molar-refractivity contribution in [3.8, 4) is 34.8 Å². The second-order valence-electron chi connectivity index (χ2n) is 21.1. The third-order valence-corrected chi connectivity index (χ3v) is 15.1. The summed E-state index contributed by atoms with van der Waals surface area (Å²) in [6, 6.07) is 43.8. The Morgan fingerprint density at radius 1 is 0.689 bits per heavy atom. The number of non-ortho nitro benzene ring substituents is 1. The first-order valence-electron chi connectivity index (χ1n) is 28.6. The van der Waals surface area contributed by atoms with Crippen LogP contribution in [0.4, 0.5) is 17.1 Å². The molecule has 0 aliphatic carbocycles. The van der Waals surface area contributed by atoms with E-state index in [1.54, 1.807) is 78.9 Å². The summed E-state index contributed by atoms with van der Waals surface area (Å²) in [6.45, 7) is 8.53. The average molecular weight is 1230 g/mol. The topological polar surface area (TPSA) is 298 Å². The average Bonchev–Trinajstić information content (AvgIpc) is 1.73. The molecule has 4 aromatic heterocycles. The zero-order valence-electron chi connectivity index (χ0n) is 50.0. The van der Waals surface area contributed by atoms with Crippen molar-refractivity contribution >= 4 is 58.5 Å². The molecule has 3 amide bonds. The molecule has 22 nitrogen and oxygen atoms in total. The van der Waals surface area contributed by atoms with Crippen molar-refractivity contribution in [1.29, 1.82) is 10.5 Å². The summed E-state index contributed by atoms with van der Waals surface area (Å²) in [4.78, 5) is 86.2. The Bertz CT molecular complexity index is 4010. The standard InChI is InChI=1S/C36H32N6O7.C31H33N5O4S/c1-23(2)17-31(36(45)46)39-34(43)33-16-15-32(49-33)26-7-11-28(12-8-26)41(35(44)27-9-13-29(14-10-27)42(47)48)21-30-19-38-22-40(30)20-25-5-3-24(18-37)4-6-25;1-4-35(20-26-18-33-21-36(26)19-23-7-5-22(17-32)6-8-23)25-11-9-24(10-12-25)28-13-14-29(40-28)30(37)34-27(15-16-41-3)31(38)39-2/h3-16,19,22-23,31H,17,20-21H2,1-2H3,(H,39,43)(H,45,46);5-14,18,21,27H,4,15-16,19-20H2,1-3H3,(H,34,37).